The van der Waals surface area contributed by atoms with Crippen molar-refractivity contribution in [3.63, 3.8) is 0 Å². The molecule has 0 aromatic heterocycles. The summed E-state index contributed by atoms with van der Waals surface area (Å²) in [6, 6.07) is 6.98. The fraction of sp³-hybridized carbons (Fsp3) is 0.429. The number of carbonyl (C=O) groups is 1. The Bertz CT molecular complexity index is 482. The van der Waals surface area contributed by atoms with E-state index >= 15 is 0 Å². The molecule has 0 saturated carbocycles. The Morgan fingerprint density at radius 1 is 1.19 bits per heavy atom. The Hall–Kier alpha value is -1.02. The van der Waals surface area contributed by atoms with Gasteiger partial charge in [-0.15, -0.1) is 24.0 Å². The zero-order valence-corrected chi connectivity index (χ0v) is 15.8. The van der Waals surface area contributed by atoms with E-state index in [1.807, 2.05) is 38.0 Å². The molecule has 0 saturated heterocycles. The standard InChI is InChI=1S/C14H21ClN4O.HI/c1-18(2)14(19(3)4)17-10-9-16-13(20)11-7-5-6-8-12(11)15;/h5-8H,9-10H2,1-4H3,(H,16,20);1H. The van der Waals surface area contributed by atoms with Gasteiger partial charge in [-0.2, -0.15) is 0 Å². The van der Waals surface area contributed by atoms with Gasteiger partial charge in [-0.3, -0.25) is 9.79 Å². The van der Waals surface area contributed by atoms with Crippen molar-refractivity contribution in [3.05, 3.63) is 34.9 Å². The van der Waals surface area contributed by atoms with Crippen LogP contribution in [0.4, 0.5) is 0 Å². The Labute approximate surface area is 148 Å². The Balaban J connectivity index is 0.00000400. The maximum Gasteiger partial charge on any atom is 0.252 e. The van der Waals surface area contributed by atoms with Crippen LogP contribution in [0.5, 0.6) is 0 Å². The van der Waals surface area contributed by atoms with Gasteiger partial charge in [0, 0.05) is 34.7 Å². The highest BCUT2D eigenvalue weighted by Gasteiger charge is 2.08. The molecular weight excluding hydrogens is 403 g/mol. The molecule has 21 heavy (non-hydrogen) atoms. The molecule has 7 heteroatoms. The molecule has 0 radical (unpaired) electrons. The van der Waals surface area contributed by atoms with Crippen molar-refractivity contribution in [1.82, 2.24) is 15.1 Å². The SMILES string of the molecule is CN(C)C(=NCCNC(=O)c1ccccc1Cl)N(C)C.I. The van der Waals surface area contributed by atoms with Gasteiger partial charge in [0.05, 0.1) is 17.1 Å². The second-order valence-corrected chi connectivity index (χ2v) is 5.11. The smallest absolute Gasteiger partial charge is 0.252 e. The molecule has 1 N–H and O–H groups in total. The van der Waals surface area contributed by atoms with Crippen LogP contribution in [0.1, 0.15) is 10.4 Å². The first-order valence-electron chi connectivity index (χ1n) is 6.35. The second-order valence-electron chi connectivity index (χ2n) is 4.71. The summed E-state index contributed by atoms with van der Waals surface area (Å²) in [5.41, 5.74) is 0.485. The zero-order valence-electron chi connectivity index (χ0n) is 12.8. The van der Waals surface area contributed by atoms with Crippen molar-refractivity contribution in [1.29, 1.82) is 0 Å². The normalized spacial score (nSPS) is 9.38. The van der Waals surface area contributed by atoms with Crippen LogP contribution >= 0.6 is 35.6 Å². The van der Waals surface area contributed by atoms with Crippen molar-refractivity contribution in [2.75, 3.05) is 41.3 Å². The third-order valence-electron chi connectivity index (χ3n) is 2.57. The number of amides is 1. The number of hydrogen-bond donors (Lipinski definition) is 1. The Kier molecular flexibility index (Phi) is 9.36. The third kappa shape index (κ3) is 6.52. The highest BCUT2D eigenvalue weighted by Crippen LogP contribution is 2.14. The maximum absolute atomic E-state index is 11.9. The molecule has 0 atom stereocenters. The third-order valence-corrected chi connectivity index (χ3v) is 2.90. The monoisotopic (exact) mass is 424 g/mol. The van der Waals surface area contributed by atoms with Gasteiger partial charge in [-0.05, 0) is 12.1 Å². The lowest BCUT2D eigenvalue weighted by molar-refractivity contribution is 0.0955. The average molecular weight is 425 g/mol. The van der Waals surface area contributed by atoms with E-state index in [0.717, 1.165) is 5.96 Å². The summed E-state index contributed by atoms with van der Waals surface area (Å²) in [4.78, 5) is 20.2. The van der Waals surface area contributed by atoms with Crippen molar-refractivity contribution in [2.24, 2.45) is 4.99 Å². The van der Waals surface area contributed by atoms with E-state index in [2.05, 4.69) is 10.3 Å². The van der Waals surface area contributed by atoms with Crippen LogP contribution in [0.2, 0.25) is 5.02 Å². The first-order chi connectivity index (χ1) is 9.43. The number of aliphatic imine (C=N–C) groups is 1. The molecule has 1 aromatic rings. The van der Waals surface area contributed by atoms with Gasteiger partial charge >= 0.3 is 0 Å². The number of hydrogen-bond acceptors (Lipinski definition) is 2. The van der Waals surface area contributed by atoms with Crippen LogP contribution in [0.15, 0.2) is 29.3 Å². The summed E-state index contributed by atoms with van der Waals surface area (Å²) < 4.78 is 0. The molecule has 118 valence electrons. The maximum atomic E-state index is 11.9. The van der Waals surface area contributed by atoms with Gasteiger partial charge < -0.3 is 15.1 Å². The van der Waals surface area contributed by atoms with Crippen LogP contribution < -0.4 is 5.32 Å². The van der Waals surface area contributed by atoms with E-state index in [9.17, 15) is 4.79 Å². The minimum atomic E-state index is -0.179. The van der Waals surface area contributed by atoms with Crippen molar-refractivity contribution >= 4 is 47.4 Å². The topological polar surface area (TPSA) is 47.9 Å². The van der Waals surface area contributed by atoms with E-state index in [4.69, 9.17) is 11.6 Å². The molecule has 0 aliphatic heterocycles. The largest absolute Gasteiger partial charge is 0.350 e. The fourth-order valence-electron chi connectivity index (χ4n) is 1.75. The summed E-state index contributed by atoms with van der Waals surface area (Å²) in [6.07, 6.45) is 0. The van der Waals surface area contributed by atoms with Gasteiger partial charge in [0.1, 0.15) is 0 Å². The molecule has 0 unspecified atom stereocenters. The van der Waals surface area contributed by atoms with Crippen molar-refractivity contribution in [3.8, 4) is 0 Å². The fourth-order valence-corrected chi connectivity index (χ4v) is 1.97. The van der Waals surface area contributed by atoms with Gasteiger partial charge in [0.2, 0.25) is 0 Å². The molecular formula is C14H22ClIN4O. The first-order valence-corrected chi connectivity index (χ1v) is 6.73. The number of carbonyl (C=O) groups excluding carboxylic acids is 1. The number of guanidine groups is 1. The molecule has 0 spiro atoms. The lowest BCUT2D eigenvalue weighted by atomic mass is 10.2. The van der Waals surface area contributed by atoms with Crippen LogP contribution in [-0.4, -0.2) is 62.9 Å². The van der Waals surface area contributed by atoms with Crippen molar-refractivity contribution < 1.29 is 4.79 Å². The molecule has 1 rings (SSSR count). The lowest BCUT2D eigenvalue weighted by Crippen LogP contribution is -2.36. The van der Waals surface area contributed by atoms with E-state index in [1.165, 1.54) is 0 Å². The Morgan fingerprint density at radius 3 is 2.29 bits per heavy atom. The number of nitrogens with one attached hydrogen (secondary N) is 1. The lowest BCUT2D eigenvalue weighted by Gasteiger charge is -2.22. The van der Waals surface area contributed by atoms with E-state index in [0.29, 0.717) is 23.7 Å². The minimum Gasteiger partial charge on any atom is -0.350 e. The summed E-state index contributed by atoms with van der Waals surface area (Å²) in [5, 5.41) is 3.26. The average Bonchev–Trinajstić information content (AvgIpc) is 2.37. The molecule has 5 nitrogen and oxygen atoms in total. The number of benzene rings is 1. The first kappa shape index (κ1) is 20.0. The minimum absolute atomic E-state index is 0. The molecule has 0 bridgehead atoms. The molecule has 1 amide bonds. The highest BCUT2D eigenvalue weighted by molar-refractivity contribution is 14.0. The molecule has 0 aliphatic carbocycles. The van der Waals surface area contributed by atoms with Gasteiger partial charge in [-0.25, -0.2) is 0 Å². The van der Waals surface area contributed by atoms with E-state index in [-0.39, 0.29) is 29.9 Å². The number of halogens is 2. The Morgan fingerprint density at radius 2 is 1.76 bits per heavy atom. The summed E-state index contributed by atoms with van der Waals surface area (Å²) >= 11 is 5.96. The van der Waals surface area contributed by atoms with Gasteiger partial charge in [0.25, 0.3) is 5.91 Å². The van der Waals surface area contributed by atoms with E-state index < -0.39 is 0 Å². The number of rotatable bonds is 4. The van der Waals surface area contributed by atoms with Gasteiger partial charge in [-0.1, -0.05) is 23.7 Å². The van der Waals surface area contributed by atoms with Crippen molar-refractivity contribution in [2.45, 2.75) is 0 Å². The summed E-state index contributed by atoms with van der Waals surface area (Å²) in [5.74, 6) is 0.680. The van der Waals surface area contributed by atoms with E-state index in [1.54, 1.807) is 24.3 Å². The molecule has 1 aromatic carbocycles. The molecule has 0 aliphatic rings. The quantitative estimate of drug-likeness (QED) is 0.349. The summed E-state index contributed by atoms with van der Waals surface area (Å²) in [7, 11) is 7.73. The highest BCUT2D eigenvalue weighted by atomic mass is 127. The predicted octanol–water partition coefficient (Wildman–Crippen LogP) is 2.17. The summed E-state index contributed by atoms with van der Waals surface area (Å²) in [6.45, 7) is 0.983. The second kappa shape index (κ2) is 9.83. The predicted molar refractivity (Wildman–Crippen MR) is 98.9 cm³/mol. The van der Waals surface area contributed by atoms with Crippen LogP contribution in [0, 0.1) is 0 Å². The van der Waals surface area contributed by atoms with Crippen LogP contribution in [0.3, 0.4) is 0 Å². The number of nitrogens with zero attached hydrogens (tertiary/aromatic N) is 3. The molecule has 0 heterocycles. The van der Waals surface area contributed by atoms with Gasteiger partial charge in [0.15, 0.2) is 5.96 Å². The zero-order chi connectivity index (χ0) is 15.1. The van der Waals surface area contributed by atoms with Crippen LogP contribution in [0.25, 0.3) is 0 Å². The molecule has 0 fully saturated rings. The van der Waals surface area contributed by atoms with Crippen LogP contribution in [-0.2, 0) is 0 Å².